The highest BCUT2D eigenvalue weighted by Crippen LogP contribution is 2.16. The van der Waals surface area contributed by atoms with Crippen molar-refractivity contribution in [2.75, 3.05) is 17.2 Å². The lowest BCUT2D eigenvalue weighted by atomic mass is 10.2. The second-order valence-electron chi connectivity index (χ2n) is 5.84. The van der Waals surface area contributed by atoms with Gasteiger partial charge in [0.15, 0.2) is 0 Å². The molecule has 0 aliphatic carbocycles. The molecule has 0 aliphatic rings. The molecule has 0 saturated carbocycles. The van der Waals surface area contributed by atoms with Crippen LogP contribution in [-0.4, -0.2) is 18.2 Å². The number of rotatable bonds is 6. The van der Waals surface area contributed by atoms with E-state index in [4.69, 9.17) is 4.74 Å². The minimum atomic E-state index is -0.486. The van der Waals surface area contributed by atoms with Crippen LogP contribution in [0.1, 0.15) is 47.0 Å². The van der Waals surface area contributed by atoms with Crippen molar-refractivity contribution in [3.05, 3.63) is 24.3 Å². The number of nitrogens with one attached hydrogen (secondary N) is 2. The molecule has 0 saturated heterocycles. The van der Waals surface area contributed by atoms with Gasteiger partial charge in [0.1, 0.15) is 5.60 Å². The summed E-state index contributed by atoms with van der Waals surface area (Å²) in [5.74, 6) is 0. The zero-order valence-corrected chi connectivity index (χ0v) is 13.0. The van der Waals surface area contributed by atoms with E-state index in [0.29, 0.717) is 0 Å². The highest BCUT2D eigenvalue weighted by Gasteiger charge is 2.16. The second kappa shape index (κ2) is 7.78. The third kappa shape index (κ3) is 7.02. The molecule has 0 radical (unpaired) electrons. The van der Waals surface area contributed by atoms with Crippen LogP contribution in [0.25, 0.3) is 0 Å². The van der Waals surface area contributed by atoms with Gasteiger partial charge in [0.2, 0.25) is 0 Å². The maximum Gasteiger partial charge on any atom is 0.412 e. The van der Waals surface area contributed by atoms with Crippen molar-refractivity contribution in [2.24, 2.45) is 0 Å². The van der Waals surface area contributed by atoms with Gasteiger partial charge in [-0.1, -0.05) is 25.8 Å². The van der Waals surface area contributed by atoms with Gasteiger partial charge in [-0.2, -0.15) is 0 Å². The number of carbonyl (C=O) groups excluding carboxylic acids is 1. The second-order valence-corrected chi connectivity index (χ2v) is 5.84. The van der Waals surface area contributed by atoms with Crippen LogP contribution in [0, 0.1) is 0 Å². The van der Waals surface area contributed by atoms with Gasteiger partial charge in [-0.3, -0.25) is 5.32 Å². The highest BCUT2D eigenvalue weighted by molar-refractivity contribution is 5.85. The third-order valence-electron chi connectivity index (χ3n) is 2.62. The van der Waals surface area contributed by atoms with E-state index in [1.54, 1.807) is 0 Å². The molecule has 0 bridgehead atoms. The van der Waals surface area contributed by atoms with Gasteiger partial charge in [-0.05, 0) is 45.4 Å². The average molecular weight is 278 g/mol. The quantitative estimate of drug-likeness (QED) is 0.745. The molecule has 112 valence electrons. The third-order valence-corrected chi connectivity index (χ3v) is 2.62. The smallest absolute Gasteiger partial charge is 0.412 e. The monoisotopic (exact) mass is 278 g/mol. The normalized spacial score (nSPS) is 11.0. The van der Waals surface area contributed by atoms with Crippen LogP contribution < -0.4 is 10.6 Å². The van der Waals surface area contributed by atoms with Crippen molar-refractivity contribution < 1.29 is 9.53 Å². The van der Waals surface area contributed by atoms with Gasteiger partial charge in [-0.25, -0.2) is 4.79 Å². The van der Waals surface area contributed by atoms with E-state index < -0.39 is 11.7 Å². The maximum atomic E-state index is 11.7. The summed E-state index contributed by atoms with van der Waals surface area (Å²) in [6.07, 6.45) is 3.16. The zero-order valence-electron chi connectivity index (χ0n) is 13.0. The molecule has 20 heavy (non-hydrogen) atoms. The van der Waals surface area contributed by atoms with E-state index in [0.717, 1.165) is 24.3 Å². The molecule has 1 aromatic carbocycles. The number of unbranched alkanes of at least 4 members (excludes halogenated alkanes) is 2. The van der Waals surface area contributed by atoms with Crippen LogP contribution in [0.5, 0.6) is 0 Å². The van der Waals surface area contributed by atoms with Crippen molar-refractivity contribution in [1.82, 2.24) is 0 Å². The van der Waals surface area contributed by atoms with Gasteiger partial charge in [0.05, 0.1) is 0 Å². The molecule has 0 aliphatic heterocycles. The van der Waals surface area contributed by atoms with Gasteiger partial charge >= 0.3 is 6.09 Å². The van der Waals surface area contributed by atoms with Gasteiger partial charge in [0.25, 0.3) is 0 Å². The van der Waals surface area contributed by atoms with Crippen LogP contribution in [0.2, 0.25) is 0 Å². The standard InChI is InChI=1S/C16H26N2O2/c1-5-6-7-11-17-13-9-8-10-14(12-13)18-15(19)20-16(2,3)4/h8-10,12,17H,5-7,11H2,1-4H3,(H,18,19). The molecular weight excluding hydrogens is 252 g/mol. The van der Waals surface area contributed by atoms with Gasteiger partial charge in [-0.15, -0.1) is 0 Å². The maximum absolute atomic E-state index is 11.7. The van der Waals surface area contributed by atoms with E-state index in [2.05, 4.69) is 17.6 Å². The Morgan fingerprint density at radius 1 is 1.20 bits per heavy atom. The van der Waals surface area contributed by atoms with Crippen LogP contribution in [0.15, 0.2) is 24.3 Å². The van der Waals surface area contributed by atoms with Crippen LogP contribution in [-0.2, 0) is 4.74 Å². The lowest BCUT2D eigenvalue weighted by molar-refractivity contribution is 0.0636. The first kappa shape index (κ1) is 16.3. The SMILES string of the molecule is CCCCCNc1cccc(NC(=O)OC(C)(C)C)c1. The zero-order chi connectivity index (χ0) is 15.0. The van der Waals surface area contributed by atoms with Gasteiger partial charge in [0, 0.05) is 17.9 Å². The first-order valence-corrected chi connectivity index (χ1v) is 7.24. The molecular formula is C16H26N2O2. The first-order valence-electron chi connectivity index (χ1n) is 7.24. The fraction of sp³-hybridized carbons (Fsp3) is 0.562. The molecule has 0 aromatic heterocycles. The molecule has 0 heterocycles. The summed E-state index contributed by atoms with van der Waals surface area (Å²) in [6, 6.07) is 7.66. The summed E-state index contributed by atoms with van der Waals surface area (Å²) >= 11 is 0. The summed E-state index contributed by atoms with van der Waals surface area (Å²) in [5.41, 5.74) is 1.26. The van der Waals surface area contributed by atoms with Crippen molar-refractivity contribution in [3.63, 3.8) is 0 Å². The topological polar surface area (TPSA) is 50.4 Å². The number of anilines is 2. The molecule has 1 amide bonds. The average Bonchev–Trinajstić information content (AvgIpc) is 2.32. The summed E-state index contributed by atoms with van der Waals surface area (Å²) in [7, 11) is 0. The van der Waals surface area contributed by atoms with Crippen molar-refractivity contribution in [3.8, 4) is 0 Å². The largest absolute Gasteiger partial charge is 0.444 e. The molecule has 0 unspecified atom stereocenters. The Kier molecular flexibility index (Phi) is 6.36. The number of hydrogen-bond donors (Lipinski definition) is 2. The Labute approximate surface area is 121 Å². The fourth-order valence-electron chi connectivity index (χ4n) is 1.74. The van der Waals surface area contributed by atoms with Crippen LogP contribution in [0.3, 0.4) is 0 Å². The molecule has 0 atom stereocenters. The Morgan fingerprint density at radius 2 is 1.90 bits per heavy atom. The Hall–Kier alpha value is -1.71. The van der Waals surface area contributed by atoms with Crippen LogP contribution in [0.4, 0.5) is 16.2 Å². The number of amides is 1. The molecule has 2 N–H and O–H groups in total. The number of ether oxygens (including phenoxy) is 1. The summed E-state index contributed by atoms with van der Waals surface area (Å²) in [4.78, 5) is 11.7. The molecule has 1 aromatic rings. The van der Waals surface area contributed by atoms with E-state index in [9.17, 15) is 4.79 Å². The lowest BCUT2D eigenvalue weighted by Gasteiger charge is -2.19. The van der Waals surface area contributed by atoms with Crippen molar-refractivity contribution in [1.29, 1.82) is 0 Å². The Morgan fingerprint density at radius 3 is 2.55 bits per heavy atom. The summed E-state index contributed by atoms with van der Waals surface area (Å²) in [6.45, 7) is 8.67. The Balaban J connectivity index is 2.49. The van der Waals surface area contributed by atoms with Crippen LogP contribution >= 0.6 is 0 Å². The minimum absolute atomic E-state index is 0.430. The van der Waals surface area contributed by atoms with E-state index in [1.807, 2.05) is 45.0 Å². The molecule has 4 nitrogen and oxygen atoms in total. The number of benzene rings is 1. The predicted octanol–water partition coefficient (Wildman–Crippen LogP) is 4.64. The van der Waals surface area contributed by atoms with E-state index >= 15 is 0 Å². The number of carbonyl (C=O) groups is 1. The minimum Gasteiger partial charge on any atom is -0.444 e. The van der Waals surface area contributed by atoms with E-state index in [1.165, 1.54) is 12.8 Å². The Bertz CT molecular complexity index is 425. The van der Waals surface area contributed by atoms with E-state index in [-0.39, 0.29) is 0 Å². The molecule has 0 spiro atoms. The van der Waals surface area contributed by atoms with Crippen molar-refractivity contribution >= 4 is 17.5 Å². The lowest BCUT2D eigenvalue weighted by Crippen LogP contribution is -2.27. The molecule has 0 fully saturated rings. The number of hydrogen-bond acceptors (Lipinski definition) is 3. The van der Waals surface area contributed by atoms with Crippen molar-refractivity contribution in [2.45, 2.75) is 52.6 Å². The first-order chi connectivity index (χ1) is 9.40. The fourth-order valence-corrected chi connectivity index (χ4v) is 1.74. The summed E-state index contributed by atoms with van der Waals surface area (Å²) < 4.78 is 5.22. The predicted molar refractivity (Wildman–Crippen MR) is 84.3 cm³/mol. The molecule has 1 rings (SSSR count). The summed E-state index contributed by atoms with van der Waals surface area (Å²) in [5, 5.41) is 6.09. The highest BCUT2D eigenvalue weighted by atomic mass is 16.6. The molecule has 4 heteroatoms. The van der Waals surface area contributed by atoms with Gasteiger partial charge < -0.3 is 10.1 Å².